The van der Waals surface area contributed by atoms with Gasteiger partial charge in [-0.3, -0.25) is 0 Å². The summed E-state index contributed by atoms with van der Waals surface area (Å²) in [6.45, 7) is 4.39. The number of thiazole rings is 1. The van der Waals surface area contributed by atoms with Crippen molar-refractivity contribution in [3.8, 4) is 11.3 Å². The lowest BCUT2D eigenvalue weighted by Gasteiger charge is -2.24. The van der Waals surface area contributed by atoms with Gasteiger partial charge in [0.25, 0.3) is 0 Å². The average molecular weight is 301 g/mol. The number of aromatic nitrogens is 1. The number of nitrogens with zero attached hydrogens (tertiary/aromatic N) is 2. The topological polar surface area (TPSA) is 42.2 Å². The monoisotopic (exact) mass is 301 g/mol. The van der Waals surface area contributed by atoms with Crippen LogP contribution in [0.4, 0.5) is 11.4 Å². The summed E-state index contributed by atoms with van der Waals surface area (Å²) in [7, 11) is 0. The molecule has 0 radical (unpaired) electrons. The molecule has 1 aromatic carbocycles. The first-order chi connectivity index (χ1) is 10.3. The zero-order chi connectivity index (χ0) is 14.7. The summed E-state index contributed by atoms with van der Waals surface area (Å²) in [5.74, 6) is 0. The summed E-state index contributed by atoms with van der Waals surface area (Å²) < 4.78 is 0. The van der Waals surface area contributed by atoms with Crippen LogP contribution in [-0.2, 0) is 6.42 Å². The van der Waals surface area contributed by atoms with Crippen LogP contribution < -0.4 is 10.6 Å². The number of nitrogen functional groups attached to an aromatic ring is 1. The van der Waals surface area contributed by atoms with Crippen molar-refractivity contribution in [2.75, 3.05) is 23.7 Å². The van der Waals surface area contributed by atoms with E-state index in [0.29, 0.717) is 0 Å². The first-order valence-corrected chi connectivity index (χ1v) is 8.75. The van der Waals surface area contributed by atoms with Crippen molar-refractivity contribution in [3.05, 3.63) is 28.6 Å². The Morgan fingerprint density at radius 1 is 1.19 bits per heavy atom. The number of anilines is 2. The van der Waals surface area contributed by atoms with E-state index in [2.05, 4.69) is 40.4 Å². The van der Waals surface area contributed by atoms with Crippen molar-refractivity contribution in [3.63, 3.8) is 0 Å². The number of aryl methyl sites for hydroxylation is 1. The van der Waals surface area contributed by atoms with Gasteiger partial charge in [0.2, 0.25) is 0 Å². The Bertz CT molecular complexity index is 598. The fourth-order valence-electron chi connectivity index (χ4n) is 2.92. The van der Waals surface area contributed by atoms with Crippen molar-refractivity contribution in [2.24, 2.45) is 0 Å². The van der Waals surface area contributed by atoms with Gasteiger partial charge in [-0.15, -0.1) is 11.3 Å². The summed E-state index contributed by atoms with van der Waals surface area (Å²) >= 11 is 1.72. The largest absolute Gasteiger partial charge is 0.397 e. The predicted molar refractivity (Wildman–Crippen MR) is 92.0 cm³/mol. The van der Waals surface area contributed by atoms with Gasteiger partial charge in [0.05, 0.1) is 22.1 Å². The molecule has 3 rings (SSSR count). The van der Waals surface area contributed by atoms with E-state index in [9.17, 15) is 0 Å². The fourth-order valence-corrected chi connectivity index (χ4v) is 3.67. The highest BCUT2D eigenvalue weighted by Gasteiger charge is 2.13. The molecule has 0 atom stereocenters. The quantitative estimate of drug-likeness (QED) is 0.858. The highest BCUT2D eigenvalue weighted by Crippen LogP contribution is 2.31. The molecular weight excluding hydrogens is 278 g/mol. The molecule has 0 bridgehead atoms. The van der Waals surface area contributed by atoms with Gasteiger partial charge < -0.3 is 10.6 Å². The fraction of sp³-hybridized carbons (Fsp3) is 0.471. The molecule has 1 aliphatic heterocycles. The van der Waals surface area contributed by atoms with E-state index < -0.39 is 0 Å². The van der Waals surface area contributed by atoms with Gasteiger partial charge in [-0.05, 0) is 31.4 Å². The lowest BCUT2D eigenvalue weighted by atomic mass is 10.1. The van der Waals surface area contributed by atoms with E-state index in [0.717, 1.165) is 36.5 Å². The second-order valence-electron chi connectivity index (χ2n) is 5.65. The first-order valence-electron chi connectivity index (χ1n) is 7.87. The van der Waals surface area contributed by atoms with Gasteiger partial charge in [0, 0.05) is 24.0 Å². The molecular formula is C17H23N3S. The molecule has 0 spiro atoms. The zero-order valence-electron chi connectivity index (χ0n) is 12.6. The standard InChI is InChI=1S/C17H23N3S/c1-2-17-19-15(12-21-17)13-7-8-16(14(18)11-13)20-9-5-3-4-6-10-20/h7-8,11-12H,2-6,9-10,18H2,1H3. The molecule has 2 N–H and O–H groups in total. The van der Waals surface area contributed by atoms with E-state index in [1.54, 1.807) is 11.3 Å². The van der Waals surface area contributed by atoms with Crippen LogP contribution >= 0.6 is 11.3 Å². The summed E-state index contributed by atoms with van der Waals surface area (Å²) in [6.07, 6.45) is 6.21. The van der Waals surface area contributed by atoms with Crippen molar-refractivity contribution in [1.29, 1.82) is 0 Å². The van der Waals surface area contributed by atoms with E-state index in [1.165, 1.54) is 36.4 Å². The molecule has 1 saturated heterocycles. The van der Waals surface area contributed by atoms with Crippen LogP contribution in [0.15, 0.2) is 23.6 Å². The van der Waals surface area contributed by atoms with Crippen LogP contribution in [0.25, 0.3) is 11.3 Å². The van der Waals surface area contributed by atoms with Gasteiger partial charge in [0.1, 0.15) is 0 Å². The second kappa shape index (κ2) is 6.48. The average Bonchev–Trinajstić information content (AvgIpc) is 2.82. The molecule has 0 saturated carbocycles. The maximum absolute atomic E-state index is 6.31. The summed E-state index contributed by atoms with van der Waals surface area (Å²) in [4.78, 5) is 7.08. The van der Waals surface area contributed by atoms with Gasteiger partial charge >= 0.3 is 0 Å². The van der Waals surface area contributed by atoms with Crippen molar-refractivity contribution >= 4 is 22.7 Å². The lowest BCUT2D eigenvalue weighted by Crippen LogP contribution is -2.24. The molecule has 2 heterocycles. The summed E-state index contributed by atoms with van der Waals surface area (Å²) in [6, 6.07) is 6.40. The summed E-state index contributed by atoms with van der Waals surface area (Å²) in [5.41, 5.74) is 10.5. The zero-order valence-corrected chi connectivity index (χ0v) is 13.5. The molecule has 1 fully saturated rings. The molecule has 1 aromatic heterocycles. The van der Waals surface area contributed by atoms with E-state index in [-0.39, 0.29) is 0 Å². The Balaban J connectivity index is 1.84. The molecule has 2 aromatic rings. The smallest absolute Gasteiger partial charge is 0.0929 e. The van der Waals surface area contributed by atoms with Crippen LogP contribution in [-0.4, -0.2) is 18.1 Å². The number of rotatable bonds is 3. The summed E-state index contributed by atoms with van der Waals surface area (Å²) in [5, 5.41) is 3.30. The van der Waals surface area contributed by atoms with Crippen LogP contribution in [0.3, 0.4) is 0 Å². The third kappa shape index (κ3) is 3.21. The third-order valence-electron chi connectivity index (χ3n) is 4.12. The second-order valence-corrected chi connectivity index (χ2v) is 6.60. The van der Waals surface area contributed by atoms with Gasteiger partial charge in [-0.1, -0.05) is 25.8 Å². The number of benzene rings is 1. The van der Waals surface area contributed by atoms with E-state index in [1.807, 2.05) is 0 Å². The molecule has 4 heteroatoms. The van der Waals surface area contributed by atoms with Gasteiger partial charge in [0.15, 0.2) is 0 Å². The number of hydrogen-bond acceptors (Lipinski definition) is 4. The molecule has 0 amide bonds. The van der Waals surface area contributed by atoms with Crippen LogP contribution in [0.2, 0.25) is 0 Å². The minimum atomic E-state index is 0.875. The normalized spacial score (nSPS) is 16.0. The SMILES string of the molecule is CCc1nc(-c2ccc(N3CCCCCC3)c(N)c2)cs1. The van der Waals surface area contributed by atoms with Crippen molar-refractivity contribution in [1.82, 2.24) is 4.98 Å². The van der Waals surface area contributed by atoms with Crippen LogP contribution in [0.1, 0.15) is 37.6 Å². The molecule has 21 heavy (non-hydrogen) atoms. The minimum absolute atomic E-state index is 0.875. The Morgan fingerprint density at radius 2 is 1.95 bits per heavy atom. The Labute approximate surface area is 130 Å². The number of hydrogen-bond donors (Lipinski definition) is 1. The van der Waals surface area contributed by atoms with E-state index >= 15 is 0 Å². The minimum Gasteiger partial charge on any atom is -0.397 e. The van der Waals surface area contributed by atoms with Crippen LogP contribution in [0, 0.1) is 0 Å². The maximum atomic E-state index is 6.31. The highest BCUT2D eigenvalue weighted by atomic mass is 32.1. The highest BCUT2D eigenvalue weighted by molar-refractivity contribution is 7.09. The number of nitrogens with two attached hydrogens (primary N) is 1. The van der Waals surface area contributed by atoms with Crippen molar-refractivity contribution < 1.29 is 0 Å². The molecule has 112 valence electrons. The van der Waals surface area contributed by atoms with Gasteiger partial charge in [-0.2, -0.15) is 0 Å². The van der Waals surface area contributed by atoms with Gasteiger partial charge in [-0.25, -0.2) is 4.98 Å². The Kier molecular flexibility index (Phi) is 4.44. The van der Waals surface area contributed by atoms with Crippen molar-refractivity contribution in [2.45, 2.75) is 39.0 Å². The molecule has 0 unspecified atom stereocenters. The Morgan fingerprint density at radius 3 is 2.57 bits per heavy atom. The Hall–Kier alpha value is -1.55. The van der Waals surface area contributed by atoms with Crippen LogP contribution in [0.5, 0.6) is 0 Å². The molecule has 1 aliphatic rings. The van der Waals surface area contributed by atoms with E-state index in [4.69, 9.17) is 5.73 Å². The lowest BCUT2D eigenvalue weighted by molar-refractivity contribution is 0.726. The predicted octanol–water partition coefficient (Wildman–Crippen LogP) is 4.34. The third-order valence-corrected chi connectivity index (χ3v) is 5.12. The molecule has 3 nitrogen and oxygen atoms in total. The maximum Gasteiger partial charge on any atom is 0.0929 e. The molecule has 0 aliphatic carbocycles. The first kappa shape index (κ1) is 14.4.